The lowest BCUT2D eigenvalue weighted by atomic mass is 10.2. The molecule has 19 heavy (non-hydrogen) atoms. The number of carboxylic acid groups (broad SMARTS) is 1. The number of carbonyl (C=O) groups is 2. The highest BCUT2D eigenvalue weighted by Gasteiger charge is 2.42. The van der Waals surface area contributed by atoms with Crippen LogP contribution < -0.4 is 4.90 Å². The predicted molar refractivity (Wildman–Crippen MR) is 60.6 cm³/mol. The van der Waals surface area contributed by atoms with Gasteiger partial charge in [-0.15, -0.1) is 6.42 Å². The minimum Gasteiger partial charge on any atom is -0.478 e. The monoisotopic (exact) mass is 271 g/mol. The predicted octanol–water partition coefficient (Wildman–Crippen LogP) is 1.91. The number of nitrogens with zero attached hydrogens (tertiary/aromatic N) is 1. The van der Waals surface area contributed by atoms with Crippen molar-refractivity contribution in [1.29, 1.82) is 0 Å². The summed E-state index contributed by atoms with van der Waals surface area (Å²) in [5, 5.41) is 8.75. The molecule has 1 aromatic rings. The van der Waals surface area contributed by atoms with Crippen LogP contribution in [0.5, 0.6) is 0 Å². The average molecular weight is 271 g/mol. The molecular formula is C12H8F3NO3. The minimum atomic E-state index is -5.09. The summed E-state index contributed by atoms with van der Waals surface area (Å²) < 4.78 is 37.2. The van der Waals surface area contributed by atoms with Crippen LogP contribution in [0.15, 0.2) is 24.3 Å². The molecule has 0 saturated heterocycles. The Balaban J connectivity index is 3.20. The first-order valence-corrected chi connectivity index (χ1v) is 4.93. The minimum absolute atomic E-state index is 0.222. The highest BCUT2D eigenvalue weighted by atomic mass is 19.4. The second-order valence-electron chi connectivity index (χ2n) is 3.45. The van der Waals surface area contributed by atoms with Gasteiger partial charge in [0.25, 0.3) is 0 Å². The molecule has 0 aliphatic rings. The van der Waals surface area contributed by atoms with Crippen molar-refractivity contribution < 1.29 is 27.9 Å². The van der Waals surface area contributed by atoms with E-state index in [9.17, 15) is 22.8 Å². The van der Waals surface area contributed by atoms with Crippen molar-refractivity contribution in [2.24, 2.45) is 0 Å². The molecule has 100 valence electrons. The third-order valence-corrected chi connectivity index (χ3v) is 2.14. The zero-order valence-electron chi connectivity index (χ0n) is 9.44. The molecule has 0 atom stereocenters. The summed E-state index contributed by atoms with van der Waals surface area (Å²) in [4.78, 5) is 22.2. The van der Waals surface area contributed by atoms with Crippen LogP contribution in [0.25, 0.3) is 0 Å². The zero-order valence-corrected chi connectivity index (χ0v) is 9.44. The van der Waals surface area contributed by atoms with Gasteiger partial charge < -0.3 is 5.11 Å². The number of carboxylic acids is 1. The van der Waals surface area contributed by atoms with Crippen LogP contribution in [0.3, 0.4) is 0 Å². The fourth-order valence-electron chi connectivity index (χ4n) is 1.33. The summed E-state index contributed by atoms with van der Waals surface area (Å²) in [5.41, 5.74) is -0.463. The summed E-state index contributed by atoms with van der Waals surface area (Å²) in [6.45, 7) is -0.610. The fraction of sp³-hybridized carbons (Fsp3) is 0.167. The Morgan fingerprint density at radius 2 is 2.00 bits per heavy atom. The summed E-state index contributed by atoms with van der Waals surface area (Å²) in [5.74, 6) is -1.54. The first kappa shape index (κ1) is 14.6. The number of alkyl halides is 3. The Morgan fingerprint density at radius 3 is 2.47 bits per heavy atom. The van der Waals surface area contributed by atoms with Gasteiger partial charge >= 0.3 is 18.1 Å². The largest absolute Gasteiger partial charge is 0.478 e. The number of benzene rings is 1. The molecule has 0 aromatic heterocycles. The van der Waals surface area contributed by atoms with Gasteiger partial charge in [-0.1, -0.05) is 12.0 Å². The van der Waals surface area contributed by atoms with Gasteiger partial charge in [0.05, 0.1) is 12.1 Å². The van der Waals surface area contributed by atoms with Crippen molar-refractivity contribution >= 4 is 17.6 Å². The Kier molecular flexibility index (Phi) is 4.17. The van der Waals surface area contributed by atoms with Crippen LogP contribution >= 0.6 is 0 Å². The maximum atomic E-state index is 12.4. The van der Waals surface area contributed by atoms with Crippen molar-refractivity contribution in [2.75, 3.05) is 11.4 Å². The lowest BCUT2D eigenvalue weighted by molar-refractivity contribution is -0.170. The number of aromatic carboxylic acids is 1. The van der Waals surface area contributed by atoms with Crippen LogP contribution in [0, 0.1) is 12.3 Å². The summed E-state index contributed by atoms with van der Waals surface area (Å²) in [7, 11) is 0. The van der Waals surface area contributed by atoms with Gasteiger partial charge in [-0.2, -0.15) is 13.2 Å². The SMILES string of the molecule is C#CCN(C(=O)C(F)(F)F)c1cccc(C(=O)O)c1. The van der Waals surface area contributed by atoms with E-state index >= 15 is 0 Å². The molecule has 1 rings (SSSR count). The van der Waals surface area contributed by atoms with Gasteiger partial charge in [0.15, 0.2) is 0 Å². The standard InChI is InChI=1S/C12H8F3NO3/c1-2-6-16(11(19)12(13,14)15)9-5-3-4-8(7-9)10(17)18/h1,3-5,7H,6H2,(H,17,18). The van der Waals surface area contributed by atoms with Crippen molar-refractivity contribution in [3.63, 3.8) is 0 Å². The van der Waals surface area contributed by atoms with Crippen LogP contribution in [0.2, 0.25) is 0 Å². The van der Waals surface area contributed by atoms with E-state index in [4.69, 9.17) is 11.5 Å². The topological polar surface area (TPSA) is 57.6 Å². The van der Waals surface area contributed by atoms with E-state index in [-0.39, 0.29) is 11.3 Å². The number of terminal acetylenes is 1. The first-order chi connectivity index (χ1) is 8.77. The molecule has 0 aliphatic heterocycles. The van der Waals surface area contributed by atoms with Crippen LogP contribution in [0.1, 0.15) is 10.4 Å². The fourth-order valence-corrected chi connectivity index (χ4v) is 1.33. The number of rotatable bonds is 3. The van der Waals surface area contributed by atoms with E-state index < -0.39 is 24.6 Å². The third kappa shape index (κ3) is 3.48. The maximum absolute atomic E-state index is 12.4. The van der Waals surface area contributed by atoms with Crippen molar-refractivity contribution in [2.45, 2.75) is 6.18 Å². The molecule has 0 heterocycles. The molecule has 0 spiro atoms. The highest BCUT2D eigenvalue weighted by Crippen LogP contribution is 2.24. The second kappa shape index (κ2) is 5.44. The second-order valence-corrected chi connectivity index (χ2v) is 3.45. The van der Waals surface area contributed by atoms with Gasteiger partial charge in [-0.25, -0.2) is 4.79 Å². The van der Waals surface area contributed by atoms with E-state index in [0.717, 1.165) is 6.07 Å². The van der Waals surface area contributed by atoms with Gasteiger partial charge in [0.2, 0.25) is 0 Å². The highest BCUT2D eigenvalue weighted by molar-refractivity contribution is 5.99. The zero-order chi connectivity index (χ0) is 14.6. The summed E-state index contributed by atoms with van der Waals surface area (Å²) in [6, 6.07) is 4.54. The third-order valence-electron chi connectivity index (χ3n) is 2.14. The van der Waals surface area contributed by atoms with Crippen LogP contribution in [0.4, 0.5) is 18.9 Å². The van der Waals surface area contributed by atoms with Crippen LogP contribution in [-0.2, 0) is 4.79 Å². The maximum Gasteiger partial charge on any atom is 0.471 e. The van der Waals surface area contributed by atoms with Gasteiger partial charge in [-0.3, -0.25) is 9.69 Å². The molecule has 0 radical (unpaired) electrons. The van der Waals surface area contributed by atoms with Gasteiger partial charge in [0, 0.05) is 5.69 Å². The summed E-state index contributed by atoms with van der Waals surface area (Å²) in [6.07, 6.45) is -0.169. The molecule has 0 aliphatic carbocycles. The van der Waals surface area contributed by atoms with E-state index in [1.165, 1.54) is 18.2 Å². The molecule has 0 fully saturated rings. The molecule has 0 unspecified atom stereocenters. The van der Waals surface area contributed by atoms with E-state index in [1.807, 2.05) is 5.92 Å². The molecule has 4 nitrogen and oxygen atoms in total. The quantitative estimate of drug-likeness (QED) is 0.854. The average Bonchev–Trinajstić information content (AvgIpc) is 2.34. The molecule has 1 aromatic carbocycles. The van der Waals surface area contributed by atoms with E-state index in [1.54, 1.807) is 0 Å². The normalized spacial score (nSPS) is 10.6. The van der Waals surface area contributed by atoms with E-state index in [0.29, 0.717) is 4.90 Å². The van der Waals surface area contributed by atoms with Crippen LogP contribution in [-0.4, -0.2) is 29.7 Å². The number of carbonyl (C=O) groups excluding carboxylic acids is 1. The van der Waals surface area contributed by atoms with Crippen molar-refractivity contribution in [1.82, 2.24) is 0 Å². The van der Waals surface area contributed by atoms with Crippen molar-refractivity contribution in [3.8, 4) is 12.3 Å². The Hall–Kier alpha value is -2.49. The number of anilines is 1. The molecule has 7 heteroatoms. The lowest BCUT2D eigenvalue weighted by Crippen LogP contribution is -2.41. The molecule has 1 N–H and O–H groups in total. The molecule has 0 saturated carbocycles. The Labute approximate surface area is 106 Å². The number of hydrogen-bond acceptors (Lipinski definition) is 2. The summed E-state index contributed by atoms with van der Waals surface area (Å²) >= 11 is 0. The molecular weight excluding hydrogens is 263 g/mol. The number of hydrogen-bond donors (Lipinski definition) is 1. The molecule has 1 amide bonds. The molecule has 0 bridgehead atoms. The van der Waals surface area contributed by atoms with Crippen molar-refractivity contribution in [3.05, 3.63) is 29.8 Å². The van der Waals surface area contributed by atoms with Gasteiger partial charge in [-0.05, 0) is 18.2 Å². The number of amides is 1. The smallest absolute Gasteiger partial charge is 0.471 e. The van der Waals surface area contributed by atoms with E-state index in [2.05, 4.69) is 0 Å². The lowest BCUT2D eigenvalue weighted by Gasteiger charge is -2.21. The Bertz CT molecular complexity index is 546. The first-order valence-electron chi connectivity index (χ1n) is 4.93. The Morgan fingerprint density at radius 1 is 1.37 bits per heavy atom. The number of halogens is 3. The van der Waals surface area contributed by atoms with Gasteiger partial charge in [0.1, 0.15) is 0 Å².